The van der Waals surface area contributed by atoms with Crippen molar-refractivity contribution < 1.29 is 13.2 Å². The van der Waals surface area contributed by atoms with Crippen LogP contribution < -0.4 is 5.32 Å². The third kappa shape index (κ3) is 3.54. The van der Waals surface area contributed by atoms with E-state index in [0.29, 0.717) is 17.4 Å². The van der Waals surface area contributed by atoms with Gasteiger partial charge < -0.3 is 5.32 Å². The molecule has 4 heteroatoms. The fourth-order valence-corrected chi connectivity index (χ4v) is 2.86. The molecule has 0 aromatic heterocycles. The minimum absolute atomic E-state index is 0.0486. The maximum atomic E-state index is 13.0. The summed E-state index contributed by atoms with van der Waals surface area (Å²) in [6, 6.07) is 6.02. The van der Waals surface area contributed by atoms with Crippen LogP contribution in [0.1, 0.15) is 43.7 Å². The first-order valence-corrected chi connectivity index (χ1v) is 7.26. The molecule has 1 aliphatic carbocycles. The van der Waals surface area contributed by atoms with Crippen molar-refractivity contribution in [3.05, 3.63) is 35.4 Å². The third-order valence-electron chi connectivity index (χ3n) is 4.04. The number of rotatable bonds is 5. The Balaban J connectivity index is 2.05. The fourth-order valence-electron chi connectivity index (χ4n) is 2.86. The normalized spacial score (nSPS) is 22.9. The Morgan fingerprint density at radius 3 is 2.45 bits per heavy atom. The lowest BCUT2D eigenvalue weighted by atomic mass is 9.69. The van der Waals surface area contributed by atoms with Gasteiger partial charge in [-0.25, -0.2) is 0 Å². The Morgan fingerprint density at radius 1 is 1.20 bits per heavy atom. The number of hydrogen-bond donors (Lipinski definition) is 1. The topological polar surface area (TPSA) is 12.0 Å². The number of hydrogen-bond acceptors (Lipinski definition) is 1. The standard InChI is InChI=1S/C16H22F3N/c1-11(2)9-20-10-12-7-8-13(12)14-5-3-4-6-15(14)16(17,18)19/h3-6,11-13,20H,7-10H2,1-2H3. The summed E-state index contributed by atoms with van der Waals surface area (Å²) in [6.45, 7) is 5.99. The van der Waals surface area contributed by atoms with Crippen LogP contribution in [0.15, 0.2) is 24.3 Å². The van der Waals surface area contributed by atoms with E-state index >= 15 is 0 Å². The molecule has 0 saturated heterocycles. The first-order chi connectivity index (χ1) is 9.39. The molecule has 2 rings (SSSR count). The van der Waals surface area contributed by atoms with Crippen LogP contribution in [0.4, 0.5) is 13.2 Å². The highest BCUT2D eigenvalue weighted by Crippen LogP contribution is 2.46. The Labute approximate surface area is 118 Å². The summed E-state index contributed by atoms with van der Waals surface area (Å²) in [7, 11) is 0. The number of nitrogens with one attached hydrogen (secondary N) is 1. The van der Waals surface area contributed by atoms with Gasteiger partial charge in [0.15, 0.2) is 0 Å². The van der Waals surface area contributed by atoms with E-state index in [9.17, 15) is 13.2 Å². The van der Waals surface area contributed by atoms with Gasteiger partial charge in [0.1, 0.15) is 0 Å². The van der Waals surface area contributed by atoms with Crippen LogP contribution in [0, 0.1) is 11.8 Å². The predicted octanol–water partition coefficient (Wildman–Crippen LogP) is 4.44. The lowest BCUT2D eigenvalue weighted by Gasteiger charge is -2.38. The molecular weight excluding hydrogens is 263 g/mol. The van der Waals surface area contributed by atoms with Crippen LogP contribution >= 0.6 is 0 Å². The first-order valence-electron chi connectivity index (χ1n) is 7.26. The van der Waals surface area contributed by atoms with Crippen molar-refractivity contribution in [2.45, 2.75) is 38.8 Å². The summed E-state index contributed by atoms with van der Waals surface area (Å²) >= 11 is 0. The summed E-state index contributed by atoms with van der Waals surface area (Å²) in [4.78, 5) is 0. The van der Waals surface area contributed by atoms with Crippen molar-refractivity contribution in [1.82, 2.24) is 5.32 Å². The van der Waals surface area contributed by atoms with Gasteiger partial charge in [0.05, 0.1) is 5.56 Å². The summed E-state index contributed by atoms with van der Waals surface area (Å²) in [5, 5.41) is 3.36. The molecule has 0 radical (unpaired) electrons. The lowest BCUT2D eigenvalue weighted by Crippen LogP contribution is -2.36. The maximum absolute atomic E-state index is 13.0. The molecule has 1 nitrogen and oxygen atoms in total. The molecule has 0 bridgehead atoms. The van der Waals surface area contributed by atoms with Crippen LogP contribution in [-0.2, 0) is 6.18 Å². The van der Waals surface area contributed by atoms with Gasteiger partial charge in [0.2, 0.25) is 0 Å². The van der Waals surface area contributed by atoms with Crippen LogP contribution in [0.5, 0.6) is 0 Å². The Bertz CT molecular complexity index is 440. The minimum Gasteiger partial charge on any atom is -0.316 e. The quantitative estimate of drug-likeness (QED) is 0.843. The monoisotopic (exact) mass is 285 g/mol. The van der Waals surface area contributed by atoms with E-state index in [4.69, 9.17) is 0 Å². The van der Waals surface area contributed by atoms with Gasteiger partial charge in [-0.2, -0.15) is 13.2 Å². The van der Waals surface area contributed by atoms with Crippen molar-refractivity contribution in [2.75, 3.05) is 13.1 Å². The molecule has 1 aromatic rings. The molecule has 0 spiro atoms. The molecule has 1 N–H and O–H groups in total. The predicted molar refractivity (Wildman–Crippen MR) is 74.6 cm³/mol. The molecule has 1 aromatic carbocycles. The molecule has 1 fully saturated rings. The zero-order chi connectivity index (χ0) is 14.8. The molecule has 2 unspecified atom stereocenters. The maximum Gasteiger partial charge on any atom is 0.416 e. The van der Waals surface area contributed by atoms with Gasteiger partial charge in [-0.05, 0) is 55.3 Å². The largest absolute Gasteiger partial charge is 0.416 e. The molecule has 0 amide bonds. The van der Waals surface area contributed by atoms with Crippen molar-refractivity contribution in [1.29, 1.82) is 0 Å². The highest BCUT2D eigenvalue weighted by Gasteiger charge is 2.39. The highest BCUT2D eigenvalue weighted by molar-refractivity contribution is 5.34. The van der Waals surface area contributed by atoms with Gasteiger partial charge in [-0.1, -0.05) is 32.0 Å². The summed E-state index contributed by atoms with van der Waals surface area (Å²) < 4.78 is 39.1. The van der Waals surface area contributed by atoms with Gasteiger partial charge in [-0.3, -0.25) is 0 Å². The Morgan fingerprint density at radius 2 is 1.90 bits per heavy atom. The zero-order valence-electron chi connectivity index (χ0n) is 12.0. The summed E-state index contributed by atoms with van der Waals surface area (Å²) in [5.74, 6) is 0.945. The number of halogens is 3. The van der Waals surface area contributed by atoms with Gasteiger partial charge in [-0.15, -0.1) is 0 Å². The fraction of sp³-hybridized carbons (Fsp3) is 0.625. The lowest BCUT2D eigenvalue weighted by molar-refractivity contribution is -0.138. The van der Waals surface area contributed by atoms with Gasteiger partial charge in [0, 0.05) is 0 Å². The number of alkyl halides is 3. The SMILES string of the molecule is CC(C)CNCC1CCC1c1ccccc1C(F)(F)F. The van der Waals surface area contributed by atoms with Crippen molar-refractivity contribution in [3.63, 3.8) is 0 Å². The smallest absolute Gasteiger partial charge is 0.316 e. The number of benzene rings is 1. The van der Waals surface area contributed by atoms with Crippen molar-refractivity contribution >= 4 is 0 Å². The van der Waals surface area contributed by atoms with E-state index in [1.54, 1.807) is 12.1 Å². The molecule has 2 atom stereocenters. The van der Waals surface area contributed by atoms with Crippen LogP contribution in [0.25, 0.3) is 0 Å². The van der Waals surface area contributed by atoms with Crippen LogP contribution in [-0.4, -0.2) is 13.1 Å². The van der Waals surface area contributed by atoms with E-state index in [2.05, 4.69) is 19.2 Å². The molecule has 0 aliphatic heterocycles. The van der Waals surface area contributed by atoms with Crippen molar-refractivity contribution in [3.8, 4) is 0 Å². The zero-order valence-corrected chi connectivity index (χ0v) is 12.0. The van der Waals surface area contributed by atoms with E-state index < -0.39 is 11.7 Å². The molecule has 112 valence electrons. The summed E-state index contributed by atoms with van der Waals surface area (Å²) in [5.41, 5.74) is 0.0150. The average molecular weight is 285 g/mol. The summed E-state index contributed by atoms with van der Waals surface area (Å²) in [6.07, 6.45) is -2.37. The second-order valence-electron chi connectivity index (χ2n) is 6.08. The molecule has 0 heterocycles. The average Bonchev–Trinajstić information content (AvgIpc) is 2.32. The second kappa shape index (κ2) is 6.17. The van der Waals surface area contributed by atoms with Gasteiger partial charge in [0.25, 0.3) is 0 Å². The molecule has 1 aliphatic rings. The van der Waals surface area contributed by atoms with Crippen molar-refractivity contribution in [2.24, 2.45) is 11.8 Å². The van der Waals surface area contributed by atoms with Crippen LogP contribution in [0.2, 0.25) is 0 Å². The highest BCUT2D eigenvalue weighted by atomic mass is 19.4. The van der Waals surface area contributed by atoms with E-state index in [0.717, 1.165) is 25.9 Å². The molecule has 1 saturated carbocycles. The Kier molecular flexibility index (Phi) is 4.74. The third-order valence-corrected chi connectivity index (χ3v) is 4.04. The molecular formula is C16H22F3N. The first kappa shape index (κ1) is 15.4. The minimum atomic E-state index is -4.25. The van der Waals surface area contributed by atoms with Crippen LogP contribution in [0.3, 0.4) is 0 Å². The molecule has 20 heavy (non-hydrogen) atoms. The van der Waals surface area contributed by atoms with E-state index in [1.165, 1.54) is 12.1 Å². The van der Waals surface area contributed by atoms with E-state index in [1.807, 2.05) is 0 Å². The Hall–Kier alpha value is -1.03. The van der Waals surface area contributed by atoms with Gasteiger partial charge >= 0.3 is 6.18 Å². The second-order valence-corrected chi connectivity index (χ2v) is 6.08. The van der Waals surface area contributed by atoms with E-state index in [-0.39, 0.29) is 5.92 Å².